The molecule has 3 unspecified atom stereocenters. The minimum Gasteiger partial charge on any atom is -0.370 e. The molecule has 162 valence electrons. The van der Waals surface area contributed by atoms with Crippen LogP contribution in [0.3, 0.4) is 0 Å². The molecule has 0 radical (unpaired) electrons. The fourth-order valence-electron chi connectivity index (χ4n) is 1.88. The van der Waals surface area contributed by atoms with Gasteiger partial charge in [0.1, 0.15) is 24.4 Å². The van der Waals surface area contributed by atoms with Crippen molar-refractivity contribution in [3.8, 4) is 0 Å². The average molecular weight is 484 g/mol. The molecule has 4 atom stereocenters. The van der Waals surface area contributed by atoms with Crippen molar-refractivity contribution in [2.24, 2.45) is 0 Å². The van der Waals surface area contributed by atoms with Gasteiger partial charge in [-0.25, -0.2) is 16.7 Å². The van der Waals surface area contributed by atoms with Gasteiger partial charge in [-0.1, -0.05) is 0 Å². The Kier molecular flexibility index (Phi) is 7.65. The quantitative estimate of drug-likeness (QED) is 0.234. The molecular weight excluding hydrogens is 472 g/mol. The summed E-state index contributed by atoms with van der Waals surface area (Å²) in [5, 5.41) is 0. The van der Waals surface area contributed by atoms with Gasteiger partial charge in [0.05, 0.1) is 13.2 Å². The fourth-order valence-corrected chi connectivity index (χ4v) is 3.69. The van der Waals surface area contributed by atoms with Gasteiger partial charge >= 0.3 is 41.6 Å². The van der Waals surface area contributed by atoms with Crippen LogP contribution in [0, 0.1) is 0 Å². The molecule has 1 aliphatic heterocycles. The van der Waals surface area contributed by atoms with Crippen molar-refractivity contribution in [1.82, 2.24) is 0 Å². The number of hydrogen-bond donors (Lipinski definition) is 4. The SMILES string of the molecule is O=S(=O)(O)OC[C@@H]1OCC(OS(=O)(=O)O)C(OS(=O)(=O)O)C1OS(=O)(=O)O. The van der Waals surface area contributed by atoms with Crippen molar-refractivity contribution in [3.05, 3.63) is 0 Å². The van der Waals surface area contributed by atoms with E-state index in [4.69, 9.17) is 22.9 Å². The zero-order valence-electron chi connectivity index (χ0n) is 12.5. The Bertz CT molecular complexity index is 927. The summed E-state index contributed by atoms with van der Waals surface area (Å²) in [4.78, 5) is 0. The molecule has 0 aromatic carbocycles. The molecule has 1 aliphatic rings. The normalized spacial score (nSPS) is 28.1. The molecule has 0 aromatic rings. The van der Waals surface area contributed by atoms with Gasteiger partial charge in [0.25, 0.3) is 0 Å². The lowest BCUT2D eigenvalue weighted by Gasteiger charge is -2.38. The monoisotopic (exact) mass is 484 g/mol. The second-order valence-electron chi connectivity index (χ2n) is 4.62. The maximum absolute atomic E-state index is 10.9. The Balaban J connectivity index is 3.30. The Hall–Kier alpha value is -0.560. The molecule has 0 spiro atoms. The van der Waals surface area contributed by atoms with Crippen LogP contribution >= 0.6 is 0 Å². The molecule has 1 fully saturated rings. The third-order valence-electron chi connectivity index (χ3n) is 2.62. The molecule has 0 aromatic heterocycles. The highest BCUT2D eigenvalue weighted by atomic mass is 32.3. The second kappa shape index (κ2) is 8.44. The van der Waals surface area contributed by atoms with E-state index in [0.717, 1.165) is 0 Å². The van der Waals surface area contributed by atoms with Crippen LogP contribution < -0.4 is 0 Å². The molecular formula is C6H12O17S4. The second-order valence-corrected chi connectivity index (χ2v) is 8.86. The van der Waals surface area contributed by atoms with Crippen LogP contribution in [0.15, 0.2) is 0 Å². The molecule has 1 heterocycles. The largest absolute Gasteiger partial charge is 0.397 e. The lowest BCUT2D eigenvalue weighted by Crippen LogP contribution is -2.58. The van der Waals surface area contributed by atoms with Crippen LogP contribution in [0.4, 0.5) is 0 Å². The molecule has 4 N–H and O–H groups in total. The molecule has 1 saturated heterocycles. The van der Waals surface area contributed by atoms with Crippen LogP contribution in [-0.4, -0.2) is 89.5 Å². The van der Waals surface area contributed by atoms with E-state index >= 15 is 0 Å². The average Bonchev–Trinajstić information content (AvgIpc) is 2.36. The zero-order chi connectivity index (χ0) is 21.3. The van der Waals surface area contributed by atoms with Gasteiger partial charge in [0.2, 0.25) is 0 Å². The number of hydrogen-bond acceptors (Lipinski definition) is 13. The fraction of sp³-hybridized carbons (Fsp3) is 1.00. The number of ether oxygens (including phenoxy) is 1. The van der Waals surface area contributed by atoms with Crippen LogP contribution in [0.5, 0.6) is 0 Å². The molecule has 0 saturated carbocycles. The molecule has 0 aliphatic carbocycles. The number of rotatable bonds is 9. The predicted octanol–water partition coefficient (Wildman–Crippen LogP) is -3.23. The molecule has 17 nitrogen and oxygen atoms in total. The minimum absolute atomic E-state index is 1.01. The minimum atomic E-state index is -5.44. The summed E-state index contributed by atoms with van der Waals surface area (Å²) in [5.41, 5.74) is 0. The first-order chi connectivity index (χ1) is 11.9. The zero-order valence-corrected chi connectivity index (χ0v) is 15.7. The highest BCUT2D eigenvalue weighted by Gasteiger charge is 2.49. The highest BCUT2D eigenvalue weighted by molar-refractivity contribution is 7.81. The summed E-state index contributed by atoms with van der Waals surface area (Å²) in [6.45, 7) is -2.26. The van der Waals surface area contributed by atoms with Crippen LogP contribution in [0.25, 0.3) is 0 Å². The Morgan fingerprint density at radius 1 is 0.704 bits per heavy atom. The summed E-state index contributed by atoms with van der Waals surface area (Å²) < 4.78 is 142. The van der Waals surface area contributed by atoms with Crippen molar-refractivity contribution < 1.29 is 73.4 Å². The van der Waals surface area contributed by atoms with Crippen LogP contribution in [-0.2, 0) is 63.1 Å². The standard InChI is InChI=1S/C6H12O17S4/c7-24(8,9)20-2-3-5(22-26(13,14)15)6(23-27(16,17)18)4(1-19-3)21-25(10,11)12/h3-6H,1-2H2,(H,7,8,9)(H,10,11,12)(H,13,14,15)(H,16,17,18)/t3-,4?,5?,6?/m0/s1. The van der Waals surface area contributed by atoms with Crippen LogP contribution in [0.2, 0.25) is 0 Å². The summed E-state index contributed by atoms with van der Waals surface area (Å²) in [5.74, 6) is 0. The molecule has 1 rings (SSSR count). The van der Waals surface area contributed by atoms with Gasteiger partial charge in [-0.3, -0.25) is 18.2 Å². The maximum Gasteiger partial charge on any atom is 0.397 e. The summed E-state index contributed by atoms with van der Waals surface area (Å²) >= 11 is 0. The van der Waals surface area contributed by atoms with Crippen molar-refractivity contribution >= 4 is 41.6 Å². The van der Waals surface area contributed by atoms with E-state index in [9.17, 15) is 33.7 Å². The summed E-state index contributed by atoms with van der Waals surface area (Å²) in [6, 6.07) is 0. The van der Waals surface area contributed by atoms with Gasteiger partial charge in [-0.05, 0) is 0 Å². The lowest BCUT2D eigenvalue weighted by atomic mass is 10.0. The summed E-state index contributed by atoms with van der Waals surface area (Å²) in [6.07, 6.45) is -8.96. The first-order valence-electron chi connectivity index (χ1n) is 6.07. The predicted molar refractivity (Wildman–Crippen MR) is 76.5 cm³/mol. The van der Waals surface area contributed by atoms with E-state index in [1.54, 1.807) is 0 Å². The van der Waals surface area contributed by atoms with Gasteiger partial charge in [0, 0.05) is 0 Å². The first kappa shape index (κ1) is 24.5. The van der Waals surface area contributed by atoms with Gasteiger partial charge in [-0.15, -0.1) is 0 Å². The third-order valence-corrected chi connectivity index (χ3v) is 4.48. The van der Waals surface area contributed by atoms with Gasteiger partial charge in [0.15, 0.2) is 0 Å². The first-order valence-corrected chi connectivity index (χ1v) is 11.5. The summed E-state index contributed by atoms with van der Waals surface area (Å²) in [7, 11) is -21.3. The van der Waals surface area contributed by atoms with Crippen molar-refractivity contribution in [3.63, 3.8) is 0 Å². The van der Waals surface area contributed by atoms with E-state index in [1.165, 1.54) is 0 Å². The van der Waals surface area contributed by atoms with E-state index in [0.29, 0.717) is 0 Å². The molecule has 27 heavy (non-hydrogen) atoms. The topological polar surface area (TPSA) is 264 Å². The van der Waals surface area contributed by atoms with E-state index in [2.05, 4.69) is 16.7 Å². The van der Waals surface area contributed by atoms with E-state index in [1.807, 2.05) is 0 Å². The van der Waals surface area contributed by atoms with E-state index in [-0.39, 0.29) is 0 Å². The van der Waals surface area contributed by atoms with Gasteiger partial charge < -0.3 is 4.74 Å². The Morgan fingerprint density at radius 3 is 1.56 bits per heavy atom. The molecule has 0 amide bonds. The maximum atomic E-state index is 10.9. The van der Waals surface area contributed by atoms with Crippen molar-refractivity contribution in [2.45, 2.75) is 24.4 Å². The van der Waals surface area contributed by atoms with Crippen LogP contribution in [0.1, 0.15) is 0 Å². The third kappa shape index (κ3) is 9.97. The lowest BCUT2D eigenvalue weighted by molar-refractivity contribution is -0.171. The molecule has 0 bridgehead atoms. The van der Waals surface area contributed by atoms with Gasteiger partial charge in [-0.2, -0.15) is 33.7 Å². The van der Waals surface area contributed by atoms with E-state index < -0.39 is 79.2 Å². The highest BCUT2D eigenvalue weighted by Crippen LogP contribution is 2.27. The smallest absolute Gasteiger partial charge is 0.370 e. The molecule has 21 heteroatoms. The van der Waals surface area contributed by atoms with Crippen molar-refractivity contribution in [1.29, 1.82) is 0 Å². The van der Waals surface area contributed by atoms with Crippen molar-refractivity contribution in [2.75, 3.05) is 13.2 Å². The Morgan fingerprint density at radius 2 is 1.15 bits per heavy atom. The Labute approximate surface area is 152 Å².